The van der Waals surface area contributed by atoms with Gasteiger partial charge in [-0.15, -0.1) is 0 Å². The molecular formula is C17H27NO3. The molecule has 0 aliphatic heterocycles. The van der Waals surface area contributed by atoms with Crippen LogP contribution < -0.4 is 10.1 Å². The highest BCUT2D eigenvalue weighted by Gasteiger charge is 2.32. The third-order valence-electron chi connectivity index (χ3n) is 3.61. The largest absolute Gasteiger partial charge is 0.494 e. The molecule has 0 heterocycles. The Labute approximate surface area is 127 Å². The number of anilines is 1. The van der Waals surface area contributed by atoms with Crippen LogP contribution in [0.25, 0.3) is 0 Å². The first-order valence-electron chi connectivity index (χ1n) is 7.65. The number of nitrogens with one attached hydrogen (secondary N) is 1. The lowest BCUT2D eigenvalue weighted by Gasteiger charge is -2.27. The lowest BCUT2D eigenvalue weighted by molar-refractivity contribution is -0.136. The van der Waals surface area contributed by atoms with Crippen LogP contribution in [0.3, 0.4) is 0 Å². The quantitative estimate of drug-likeness (QED) is 0.700. The van der Waals surface area contributed by atoms with Crippen LogP contribution in [0.1, 0.15) is 46.5 Å². The van der Waals surface area contributed by atoms with Crippen LogP contribution in [0, 0.1) is 0 Å². The number of hydrogen-bond donors (Lipinski definition) is 1. The zero-order chi connectivity index (χ0) is 15.7. The van der Waals surface area contributed by atoms with Crippen molar-refractivity contribution in [3.63, 3.8) is 0 Å². The van der Waals surface area contributed by atoms with Crippen molar-refractivity contribution < 1.29 is 14.3 Å². The van der Waals surface area contributed by atoms with Gasteiger partial charge in [0.15, 0.2) is 0 Å². The molecular weight excluding hydrogens is 266 g/mol. The van der Waals surface area contributed by atoms with Gasteiger partial charge >= 0.3 is 0 Å². The average Bonchev–Trinajstić information content (AvgIpc) is 2.49. The van der Waals surface area contributed by atoms with Crippen molar-refractivity contribution in [3.8, 4) is 5.75 Å². The molecule has 1 N–H and O–H groups in total. The van der Waals surface area contributed by atoms with E-state index in [9.17, 15) is 4.79 Å². The summed E-state index contributed by atoms with van der Waals surface area (Å²) in [5, 5.41) is 2.91. The van der Waals surface area contributed by atoms with Crippen molar-refractivity contribution in [1.29, 1.82) is 0 Å². The van der Waals surface area contributed by atoms with Crippen molar-refractivity contribution >= 4 is 11.6 Å². The van der Waals surface area contributed by atoms with E-state index in [1.54, 1.807) is 7.11 Å². The predicted molar refractivity (Wildman–Crippen MR) is 85.8 cm³/mol. The zero-order valence-electron chi connectivity index (χ0n) is 13.6. The molecule has 0 radical (unpaired) electrons. The number of carbonyl (C=O) groups excluding carboxylic acids is 1. The van der Waals surface area contributed by atoms with Gasteiger partial charge in [0.2, 0.25) is 0 Å². The molecule has 1 amide bonds. The van der Waals surface area contributed by atoms with Gasteiger partial charge in [0, 0.05) is 12.8 Å². The van der Waals surface area contributed by atoms with E-state index in [0.29, 0.717) is 6.61 Å². The van der Waals surface area contributed by atoms with E-state index in [2.05, 4.69) is 12.2 Å². The molecule has 0 saturated carbocycles. The second-order valence-corrected chi connectivity index (χ2v) is 5.30. The minimum atomic E-state index is -0.784. The Bertz CT molecular complexity index is 430. The summed E-state index contributed by atoms with van der Waals surface area (Å²) in [6, 6.07) is 7.37. The first-order chi connectivity index (χ1) is 10.1. The highest BCUT2D eigenvalue weighted by Crippen LogP contribution is 2.22. The number of benzene rings is 1. The molecule has 4 heteroatoms. The van der Waals surface area contributed by atoms with Crippen molar-refractivity contribution in [3.05, 3.63) is 24.3 Å². The fourth-order valence-electron chi connectivity index (χ4n) is 2.09. The zero-order valence-corrected chi connectivity index (χ0v) is 13.6. The summed E-state index contributed by atoms with van der Waals surface area (Å²) in [7, 11) is 1.59. The Morgan fingerprint density at radius 1 is 1.19 bits per heavy atom. The maximum Gasteiger partial charge on any atom is 0.256 e. The minimum Gasteiger partial charge on any atom is -0.494 e. The number of unbranched alkanes of at least 4 members (excludes halogenated alkanes) is 2. The van der Waals surface area contributed by atoms with Crippen LogP contribution in [0.5, 0.6) is 5.75 Å². The van der Waals surface area contributed by atoms with Gasteiger partial charge in [-0.3, -0.25) is 4.79 Å². The fraction of sp³-hybridized carbons (Fsp3) is 0.588. The van der Waals surface area contributed by atoms with Gasteiger partial charge in [-0.1, -0.05) is 26.2 Å². The lowest BCUT2D eigenvalue weighted by Crippen LogP contribution is -2.41. The third kappa shape index (κ3) is 5.38. The highest BCUT2D eigenvalue weighted by atomic mass is 16.5. The van der Waals surface area contributed by atoms with Crippen molar-refractivity contribution in [2.45, 2.75) is 52.1 Å². The Morgan fingerprint density at radius 2 is 1.86 bits per heavy atom. The number of amides is 1. The summed E-state index contributed by atoms with van der Waals surface area (Å²) >= 11 is 0. The maximum atomic E-state index is 12.4. The fourth-order valence-corrected chi connectivity index (χ4v) is 2.09. The molecule has 118 valence electrons. The Hall–Kier alpha value is -1.55. The molecule has 21 heavy (non-hydrogen) atoms. The molecule has 1 aromatic rings. The van der Waals surface area contributed by atoms with E-state index in [0.717, 1.165) is 37.1 Å². The van der Waals surface area contributed by atoms with E-state index in [4.69, 9.17) is 9.47 Å². The molecule has 0 fully saturated rings. The summed E-state index contributed by atoms with van der Waals surface area (Å²) in [5.74, 6) is 0.693. The standard InChI is InChI=1S/C17H27NO3/c1-5-7-8-13-17(3,20-4)16(19)18-14-9-11-15(12-10-14)21-6-2/h9-12H,5-8,13H2,1-4H3,(H,18,19). The molecule has 0 spiro atoms. The van der Waals surface area contributed by atoms with E-state index >= 15 is 0 Å². The summed E-state index contributed by atoms with van der Waals surface area (Å²) in [6.07, 6.45) is 3.94. The number of methoxy groups -OCH3 is 1. The van der Waals surface area contributed by atoms with Gasteiger partial charge in [-0.2, -0.15) is 0 Å². The molecule has 0 aromatic heterocycles. The normalized spacial score (nSPS) is 13.5. The molecule has 0 aliphatic carbocycles. The molecule has 1 rings (SSSR count). The summed E-state index contributed by atoms with van der Waals surface area (Å²) in [4.78, 5) is 12.4. The van der Waals surface area contributed by atoms with Crippen LogP contribution in [0.15, 0.2) is 24.3 Å². The number of hydrogen-bond acceptors (Lipinski definition) is 3. The summed E-state index contributed by atoms with van der Waals surface area (Å²) in [5.41, 5.74) is -0.0319. The van der Waals surface area contributed by atoms with Crippen LogP contribution in [0.4, 0.5) is 5.69 Å². The van der Waals surface area contributed by atoms with Crippen LogP contribution >= 0.6 is 0 Å². The van der Waals surface area contributed by atoms with Crippen molar-refractivity contribution in [2.75, 3.05) is 19.0 Å². The summed E-state index contributed by atoms with van der Waals surface area (Å²) < 4.78 is 10.8. The second-order valence-electron chi connectivity index (χ2n) is 5.30. The molecule has 0 aliphatic rings. The minimum absolute atomic E-state index is 0.106. The topological polar surface area (TPSA) is 47.6 Å². The first kappa shape index (κ1) is 17.5. The molecule has 4 nitrogen and oxygen atoms in total. The van der Waals surface area contributed by atoms with Crippen LogP contribution in [-0.2, 0) is 9.53 Å². The smallest absolute Gasteiger partial charge is 0.256 e. The van der Waals surface area contributed by atoms with Crippen molar-refractivity contribution in [1.82, 2.24) is 0 Å². The van der Waals surface area contributed by atoms with Gasteiger partial charge < -0.3 is 14.8 Å². The molecule has 1 atom stereocenters. The SMILES string of the molecule is CCCCCC(C)(OC)C(=O)Nc1ccc(OCC)cc1. The van der Waals surface area contributed by atoms with Crippen molar-refractivity contribution in [2.24, 2.45) is 0 Å². The van der Waals surface area contributed by atoms with E-state index in [1.807, 2.05) is 38.1 Å². The highest BCUT2D eigenvalue weighted by molar-refractivity contribution is 5.97. The number of ether oxygens (including phenoxy) is 2. The average molecular weight is 293 g/mol. The van der Waals surface area contributed by atoms with E-state index < -0.39 is 5.60 Å². The van der Waals surface area contributed by atoms with Crippen LogP contribution in [0.2, 0.25) is 0 Å². The molecule has 0 bridgehead atoms. The Morgan fingerprint density at radius 3 is 2.38 bits per heavy atom. The van der Waals surface area contributed by atoms with Gasteiger partial charge in [0.05, 0.1) is 6.61 Å². The van der Waals surface area contributed by atoms with Crippen LogP contribution in [-0.4, -0.2) is 25.2 Å². The Balaban J connectivity index is 2.64. The second kappa shape index (κ2) is 8.67. The molecule has 0 saturated heterocycles. The van der Waals surface area contributed by atoms with Gasteiger partial charge in [-0.05, 0) is 44.5 Å². The van der Waals surface area contributed by atoms with E-state index in [1.165, 1.54) is 0 Å². The predicted octanol–water partition coefficient (Wildman–Crippen LogP) is 4.01. The molecule has 1 aromatic carbocycles. The monoisotopic (exact) mass is 293 g/mol. The maximum absolute atomic E-state index is 12.4. The summed E-state index contributed by atoms with van der Waals surface area (Å²) in [6.45, 7) is 6.55. The number of rotatable bonds is 9. The third-order valence-corrected chi connectivity index (χ3v) is 3.61. The van der Waals surface area contributed by atoms with Gasteiger partial charge in [0.1, 0.15) is 11.4 Å². The lowest BCUT2D eigenvalue weighted by atomic mass is 9.97. The Kier molecular flexibility index (Phi) is 7.23. The van der Waals surface area contributed by atoms with E-state index in [-0.39, 0.29) is 5.91 Å². The van der Waals surface area contributed by atoms with Gasteiger partial charge in [0.25, 0.3) is 5.91 Å². The first-order valence-corrected chi connectivity index (χ1v) is 7.65. The van der Waals surface area contributed by atoms with Gasteiger partial charge in [-0.25, -0.2) is 0 Å². The number of carbonyl (C=O) groups is 1. The molecule has 1 unspecified atom stereocenters.